The third kappa shape index (κ3) is 3.79. The summed E-state index contributed by atoms with van der Waals surface area (Å²) in [6.45, 7) is 12.7. The van der Waals surface area contributed by atoms with Crippen molar-refractivity contribution in [1.82, 2.24) is 4.90 Å². The van der Waals surface area contributed by atoms with Gasteiger partial charge in [-0.05, 0) is 69.2 Å². The van der Waals surface area contributed by atoms with Gasteiger partial charge in [0.05, 0.1) is 11.9 Å². The lowest BCUT2D eigenvalue weighted by atomic mass is 9.44. The first kappa shape index (κ1) is 25.8. The van der Waals surface area contributed by atoms with Crippen molar-refractivity contribution in [3.05, 3.63) is 12.7 Å². The molecule has 196 valence electrons. The van der Waals surface area contributed by atoms with E-state index in [2.05, 4.69) is 46.2 Å². The Kier molecular flexibility index (Phi) is 6.54. The molecule has 0 aromatic heterocycles. The molecule has 0 radical (unpaired) electrons. The summed E-state index contributed by atoms with van der Waals surface area (Å²) in [5.74, 6) is 0.604. The molecule has 2 saturated heterocycles. The molecule has 6 rings (SSSR count). The minimum absolute atomic E-state index is 0.00292. The van der Waals surface area contributed by atoms with E-state index in [1.165, 1.54) is 6.42 Å². The molecule has 0 spiro atoms. The molecule has 4 bridgehead atoms. The van der Waals surface area contributed by atoms with Crippen molar-refractivity contribution in [2.75, 3.05) is 12.8 Å². The maximum Gasteiger partial charge on any atom is 0.316 e. The molecule has 2 heterocycles. The molecule has 0 aromatic rings. The number of carbonyl (C=O) groups excluding carboxylic acids is 2. The third-order valence-corrected chi connectivity index (χ3v) is 13.0. The van der Waals surface area contributed by atoms with Gasteiger partial charge in [0.15, 0.2) is 0 Å². The van der Waals surface area contributed by atoms with Crippen molar-refractivity contribution < 1.29 is 19.4 Å². The van der Waals surface area contributed by atoms with Gasteiger partial charge in [-0.2, -0.15) is 0 Å². The Morgan fingerprint density at radius 3 is 2.54 bits per heavy atom. The maximum absolute atomic E-state index is 13.5. The van der Waals surface area contributed by atoms with Crippen LogP contribution in [0.25, 0.3) is 0 Å². The zero-order valence-corrected chi connectivity index (χ0v) is 23.1. The van der Waals surface area contributed by atoms with Crippen molar-refractivity contribution >= 4 is 23.5 Å². The summed E-state index contributed by atoms with van der Waals surface area (Å²) >= 11 is 1.75. The van der Waals surface area contributed by atoms with E-state index < -0.39 is 23.0 Å². The lowest BCUT2D eigenvalue weighted by molar-refractivity contribution is -0.205. The lowest BCUT2D eigenvalue weighted by Crippen LogP contribution is -2.63. The fourth-order valence-electron chi connectivity index (χ4n) is 9.05. The quantitative estimate of drug-likeness (QED) is 0.427. The van der Waals surface area contributed by atoms with Crippen molar-refractivity contribution in [1.29, 1.82) is 0 Å². The molecule has 0 amide bonds. The van der Waals surface area contributed by atoms with Crippen LogP contribution in [-0.4, -0.2) is 64.1 Å². The standard InChI is InChI=1S/C29H45NO4S/c1-7-27(4)15-23(34-24(32)16-35-21-13-19-12-20(14-21)30(19)6)28(5)17(2)8-10-29(18(3)26(27)33)11-9-22(31)25(28)29/h7,17-21,23,25-26,33H,1,8-16H2,2-6H3/t17-,18+,19-,20+,21?,23-,25+,26+,27-,28+,29+/m1/s1. The van der Waals surface area contributed by atoms with Gasteiger partial charge in [0.25, 0.3) is 0 Å². The van der Waals surface area contributed by atoms with Crippen LogP contribution in [0.2, 0.25) is 0 Å². The van der Waals surface area contributed by atoms with Gasteiger partial charge in [0.2, 0.25) is 0 Å². The van der Waals surface area contributed by atoms with Crippen molar-refractivity contribution in [2.45, 2.75) is 109 Å². The highest BCUT2D eigenvalue weighted by atomic mass is 32.2. The smallest absolute Gasteiger partial charge is 0.316 e. The van der Waals surface area contributed by atoms with Crippen LogP contribution in [-0.2, 0) is 14.3 Å². The Balaban J connectivity index is 1.40. The summed E-state index contributed by atoms with van der Waals surface area (Å²) in [6.07, 6.45) is 8.33. The minimum Gasteiger partial charge on any atom is -0.461 e. The summed E-state index contributed by atoms with van der Waals surface area (Å²) < 4.78 is 6.39. The monoisotopic (exact) mass is 503 g/mol. The van der Waals surface area contributed by atoms with Crippen LogP contribution >= 0.6 is 11.8 Å². The largest absolute Gasteiger partial charge is 0.461 e. The number of thioether (sulfide) groups is 1. The predicted molar refractivity (Wildman–Crippen MR) is 140 cm³/mol. The Morgan fingerprint density at radius 2 is 1.91 bits per heavy atom. The second-order valence-electron chi connectivity index (χ2n) is 13.2. The molecule has 11 atom stereocenters. The van der Waals surface area contributed by atoms with Gasteiger partial charge < -0.3 is 14.7 Å². The fourth-order valence-corrected chi connectivity index (χ4v) is 10.2. The number of Topliss-reactive ketones (excluding diaryl/α,β-unsaturated/α-hetero) is 1. The minimum atomic E-state index is -0.618. The lowest BCUT2D eigenvalue weighted by Gasteiger charge is -2.61. The van der Waals surface area contributed by atoms with Gasteiger partial charge in [-0.3, -0.25) is 9.59 Å². The fraction of sp³-hybridized carbons (Fsp3) is 0.862. The van der Waals surface area contributed by atoms with Gasteiger partial charge in [-0.25, -0.2) is 0 Å². The highest BCUT2D eigenvalue weighted by Crippen LogP contribution is 2.68. The van der Waals surface area contributed by atoms with E-state index >= 15 is 0 Å². The van der Waals surface area contributed by atoms with Gasteiger partial charge >= 0.3 is 5.97 Å². The number of aliphatic hydroxyl groups is 1. The first-order valence-corrected chi connectivity index (χ1v) is 14.9. The van der Waals surface area contributed by atoms with E-state index in [4.69, 9.17) is 4.74 Å². The summed E-state index contributed by atoms with van der Waals surface area (Å²) in [6, 6.07) is 1.35. The zero-order valence-electron chi connectivity index (χ0n) is 22.3. The number of rotatable bonds is 5. The Hall–Kier alpha value is -0.850. The molecule has 5 nitrogen and oxygen atoms in total. The Bertz CT molecular complexity index is 882. The van der Waals surface area contributed by atoms with Crippen LogP contribution < -0.4 is 0 Å². The van der Waals surface area contributed by atoms with Crippen LogP contribution in [0.4, 0.5) is 0 Å². The number of ketones is 1. The van der Waals surface area contributed by atoms with E-state index in [1.807, 2.05) is 6.08 Å². The first-order valence-electron chi connectivity index (χ1n) is 13.8. The second kappa shape index (κ2) is 8.87. The van der Waals surface area contributed by atoms with Crippen LogP contribution in [0.15, 0.2) is 12.7 Å². The van der Waals surface area contributed by atoms with Crippen LogP contribution in [0, 0.1) is 34.0 Å². The maximum atomic E-state index is 13.5. The molecule has 35 heavy (non-hydrogen) atoms. The number of ether oxygens (including phenoxy) is 1. The number of nitrogens with zero attached hydrogens (tertiary/aromatic N) is 1. The highest BCUT2D eigenvalue weighted by molar-refractivity contribution is 8.00. The van der Waals surface area contributed by atoms with Crippen molar-refractivity contribution in [3.8, 4) is 0 Å². The van der Waals surface area contributed by atoms with Gasteiger partial charge in [-0.15, -0.1) is 18.3 Å². The Labute approximate surface area is 215 Å². The molecule has 2 aliphatic heterocycles. The summed E-state index contributed by atoms with van der Waals surface area (Å²) in [5.41, 5.74) is -1.23. The molecular weight excluding hydrogens is 458 g/mol. The van der Waals surface area contributed by atoms with Crippen LogP contribution in [0.5, 0.6) is 0 Å². The average Bonchev–Trinajstić information content (AvgIpc) is 3.21. The summed E-state index contributed by atoms with van der Waals surface area (Å²) in [5, 5.41) is 12.2. The molecule has 4 aliphatic carbocycles. The topological polar surface area (TPSA) is 66.8 Å². The number of esters is 1. The number of fused-ring (bicyclic) bond motifs is 2. The number of hydrogen-bond acceptors (Lipinski definition) is 6. The second-order valence-corrected chi connectivity index (χ2v) is 14.5. The van der Waals surface area contributed by atoms with E-state index in [-0.39, 0.29) is 29.1 Å². The van der Waals surface area contributed by atoms with Gasteiger partial charge in [0, 0.05) is 40.5 Å². The first-order chi connectivity index (χ1) is 16.5. The SMILES string of the molecule is C=C[C@]1(C)C[C@@H](OC(=O)CSC2C[C@@H]3C[C@H](C2)N3C)[C@]2(C)[C@H](C)CC[C@]3(CCC(=O)[C@H]32)[C@@H](C)[C@@H]1O. The molecule has 1 N–H and O–H groups in total. The molecular formula is C29H45NO4S. The number of carbonyl (C=O) groups is 2. The highest BCUT2D eigenvalue weighted by Gasteiger charge is 2.68. The molecule has 6 fully saturated rings. The van der Waals surface area contributed by atoms with Gasteiger partial charge in [0.1, 0.15) is 11.9 Å². The number of piperidine rings is 1. The summed E-state index contributed by atoms with van der Waals surface area (Å²) in [4.78, 5) is 29.3. The Morgan fingerprint density at radius 1 is 1.23 bits per heavy atom. The van der Waals surface area contributed by atoms with E-state index in [0.29, 0.717) is 41.7 Å². The normalized spacial score (nSPS) is 51.5. The molecule has 1 unspecified atom stereocenters. The van der Waals surface area contributed by atoms with E-state index in [0.717, 1.165) is 32.1 Å². The number of hydrogen-bond donors (Lipinski definition) is 1. The third-order valence-electron chi connectivity index (χ3n) is 11.8. The molecule has 4 saturated carbocycles. The molecule has 6 aliphatic rings. The average molecular weight is 504 g/mol. The molecule has 6 heteroatoms. The van der Waals surface area contributed by atoms with Crippen molar-refractivity contribution in [2.24, 2.45) is 34.0 Å². The predicted octanol–water partition coefficient (Wildman–Crippen LogP) is 4.86. The number of aliphatic hydroxyl groups excluding tert-OH is 1. The van der Waals surface area contributed by atoms with Crippen LogP contribution in [0.1, 0.15) is 79.1 Å². The summed E-state index contributed by atoms with van der Waals surface area (Å²) in [7, 11) is 2.21. The van der Waals surface area contributed by atoms with Gasteiger partial charge in [-0.1, -0.05) is 33.8 Å². The van der Waals surface area contributed by atoms with E-state index in [1.54, 1.807) is 11.8 Å². The molecule has 0 aromatic carbocycles. The van der Waals surface area contributed by atoms with Crippen LogP contribution in [0.3, 0.4) is 0 Å². The van der Waals surface area contributed by atoms with E-state index in [9.17, 15) is 14.7 Å². The van der Waals surface area contributed by atoms with Crippen molar-refractivity contribution in [3.63, 3.8) is 0 Å². The zero-order chi connectivity index (χ0) is 25.3.